The number of piperazine rings is 1. The molecule has 1 aromatic heterocycles. The van der Waals surface area contributed by atoms with Crippen molar-refractivity contribution in [2.24, 2.45) is 4.99 Å². The van der Waals surface area contributed by atoms with E-state index in [1.54, 1.807) is 13.2 Å². The molecule has 3 rings (SSSR count). The second-order valence-electron chi connectivity index (χ2n) is 6.65. The number of methoxy groups -OCH3 is 1. The van der Waals surface area contributed by atoms with E-state index in [1.807, 2.05) is 31.2 Å². The van der Waals surface area contributed by atoms with Crippen LogP contribution in [-0.4, -0.2) is 68.6 Å². The summed E-state index contributed by atoms with van der Waals surface area (Å²) >= 11 is 0. The number of nitrogens with zero attached hydrogens (tertiary/aromatic N) is 4. The first kappa shape index (κ1) is 24.4. The minimum atomic E-state index is -3.42. The summed E-state index contributed by atoms with van der Waals surface area (Å²) in [6, 6.07) is 9.37. The second kappa shape index (κ2) is 11.5. The Morgan fingerprint density at radius 1 is 1.20 bits per heavy atom. The van der Waals surface area contributed by atoms with Crippen LogP contribution < -0.4 is 10.1 Å². The van der Waals surface area contributed by atoms with Crippen molar-refractivity contribution in [2.75, 3.05) is 39.8 Å². The lowest BCUT2D eigenvalue weighted by Crippen LogP contribution is -2.53. The van der Waals surface area contributed by atoms with Crippen LogP contribution in [0.1, 0.15) is 18.2 Å². The van der Waals surface area contributed by atoms with E-state index in [4.69, 9.17) is 14.3 Å². The number of aromatic nitrogens is 1. The van der Waals surface area contributed by atoms with Gasteiger partial charge < -0.3 is 19.5 Å². The number of benzene rings is 1. The number of halogens is 1. The lowest BCUT2D eigenvalue weighted by Gasteiger charge is -2.35. The lowest BCUT2D eigenvalue weighted by molar-refractivity contribution is 0.259. The highest BCUT2D eigenvalue weighted by atomic mass is 127. The highest BCUT2D eigenvalue weighted by molar-refractivity contribution is 14.0. The van der Waals surface area contributed by atoms with Gasteiger partial charge in [-0.05, 0) is 24.6 Å². The first-order valence-electron chi connectivity index (χ1n) is 9.55. The number of ether oxygens (including phenoxy) is 1. The molecule has 0 spiro atoms. The molecule has 11 heteroatoms. The lowest BCUT2D eigenvalue weighted by atomic mass is 10.2. The minimum Gasteiger partial charge on any atom is -0.497 e. The Labute approximate surface area is 194 Å². The first-order valence-corrected chi connectivity index (χ1v) is 11.2. The van der Waals surface area contributed by atoms with E-state index in [9.17, 15) is 8.42 Å². The van der Waals surface area contributed by atoms with E-state index < -0.39 is 10.0 Å². The molecular weight excluding hydrogens is 521 g/mol. The van der Waals surface area contributed by atoms with Gasteiger partial charge in [-0.25, -0.2) is 13.4 Å². The maximum absolute atomic E-state index is 12.6. The number of rotatable bonds is 7. The minimum absolute atomic E-state index is 0. The molecule has 1 N–H and O–H groups in total. The number of aliphatic imine (C=N–C) groups is 1. The van der Waals surface area contributed by atoms with Gasteiger partial charge in [0.15, 0.2) is 5.96 Å². The number of nitrogens with one attached hydrogen (secondary N) is 1. The average Bonchev–Trinajstić information content (AvgIpc) is 3.24. The number of hydrogen-bond acceptors (Lipinski definition) is 6. The number of sulfonamides is 1. The third-order valence-corrected chi connectivity index (χ3v) is 6.47. The highest BCUT2D eigenvalue weighted by Crippen LogP contribution is 2.14. The van der Waals surface area contributed by atoms with Crippen molar-refractivity contribution < 1.29 is 17.7 Å². The van der Waals surface area contributed by atoms with Crippen molar-refractivity contribution in [1.82, 2.24) is 19.7 Å². The summed E-state index contributed by atoms with van der Waals surface area (Å²) in [5.41, 5.74) is 1.50. The van der Waals surface area contributed by atoms with E-state index in [-0.39, 0.29) is 29.7 Å². The molecule has 0 aliphatic carbocycles. The van der Waals surface area contributed by atoms with Gasteiger partial charge in [-0.1, -0.05) is 17.3 Å². The molecule has 166 valence electrons. The molecule has 0 bridgehead atoms. The summed E-state index contributed by atoms with van der Waals surface area (Å²) in [5, 5.41) is 7.00. The molecule has 1 aliphatic heterocycles. The predicted molar refractivity (Wildman–Crippen MR) is 125 cm³/mol. The molecule has 0 amide bonds. The van der Waals surface area contributed by atoms with Gasteiger partial charge in [-0.2, -0.15) is 4.31 Å². The van der Waals surface area contributed by atoms with Gasteiger partial charge in [-0.15, -0.1) is 24.0 Å². The molecule has 9 nitrogen and oxygen atoms in total. The second-order valence-corrected chi connectivity index (χ2v) is 8.62. The molecule has 0 unspecified atom stereocenters. The third-order valence-electron chi connectivity index (χ3n) is 4.66. The average molecular weight is 549 g/mol. The highest BCUT2D eigenvalue weighted by Gasteiger charge is 2.28. The Morgan fingerprint density at radius 2 is 1.90 bits per heavy atom. The van der Waals surface area contributed by atoms with Crippen LogP contribution in [0.4, 0.5) is 0 Å². The fourth-order valence-corrected chi connectivity index (χ4v) is 4.52. The van der Waals surface area contributed by atoms with Crippen molar-refractivity contribution in [3.05, 3.63) is 47.9 Å². The van der Waals surface area contributed by atoms with Gasteiger partial charge in [-0.3, -0.25) is 0 Å². The van der Waals surface area contributed by atoms with Crippen LogP contribution in [0.25, 0.3) is 0 Å². The Balaban J connectivity index is 0.00000320. The summed E-state index contributed by atoms with van der Waals surface area (Å²) in [6.07, 6.45) is 1.38. The first-order chi connectivity index (χ1) is 14.0. The van der Waals surface area contributed by atoms with Crippen LogP contribution in [0.5, 0.6) is 5.75 Å². The molecule has 0 atom stereocenters. The van der Waals surface area contributed by atoms with Gasteiger partial charge >= 0.3 is 0 Å². The molecule has 2 heterocycles. The molecule has 1 saturated heterocycles. The number of guanidine groups is 1. The van der Waals surface area contributed by atoms with Crippen LogP contribution in [0.2, 0.25) is 0 Å². The fourth-order valence-electron chi connectivity index (χ4n) is 3.09. The molecule has 30 heavy (non-hydrogen) atoms. The van der Waals surface area contributed by atoms with Crippen molar-refractivity contribution in [2.45, 2.75) is 19.2 Å². The van der Waals surface area contributed by atoms with Crippen LogP contribution in [-0.2, 0) is 22.3 Å². The summed E-state index contributed by atoms with van der Waals surface area (Å²) in [7, 11) is -1.78. The number of hydrogen-bond donors (Lipinski definition) is 1. The Bertz CT molecular complexity index is 896. The largest absolute Gasteiger partial charge is 0.497 e. The van der Waals surface area contributed by atoms with E-state index in [1.165, 1.54) is 10.6 Å². The summed E-state index contributed by atoms with van der Waals surface area (Å²) in [5.74, 6) is 1.46. The maximum atomic E-state index is 12.6. The van der Waals surface area contributed by atoms with E-state index in [2.05, 4.69) is 15.4 Å². The fraction of sp³-hybridized carbons (Fsp3) is 0.474. The van der Waals surface area contributed by atoms with Crippen molar-refractivity contribution in [3.8, 4) is 5.75 Å². The Kier molecular flexibility index (Phi) is 9.37. The Hall–Kier alpha value is -1.86. The van der Waals surface area contributed by atoms with Crippen molar-refractivity contribution >= 4 is 40.0 Å². The summed E-state index contributed by atoms with van der Waals surface area (Å²) in [4.78, 5) is 6.80. The standard InChI is InChI=1S/C19H27N5O4S.HI/c1-3-20-19(21-14-16-4-6-18(27-2)7-5-16)23-9-11-24(12-10-23)29(25,26)15-17-8-13-28-22-17;/h4-8,13H,3,9-12,14-15H2,1-2H3,(H,20,21);1H. The monoisotopic (exact) mass is 549 g/mol. The van der Waals surface area contributed by atoms with Gasteiger partial charge in [0.05, 0.1) is 19.3 Å². The van der Waals surface area contributed by atoms with Gasteiger partial charge in [0.2, 0.25) is 10.0 Å². The summed E-state index contributed by atoms with van der Waals surface area (Å²) < 4.78 is 36.6. The smallest absolute Gasteiger partial charge is 0.220 e. The van der Waals surface area contributed by atoms with Crippen LogP contribution in [0.3, 0.4) is 0 Å². The maximum Gasteiger partial charge on any atom is 0.220 e. The molecule has 2 aromatic rings. The molecule has 0 radical (unpaired) electrons. The van der Waals surface area contributed by atoms with Crippen LogP contribution >= 0.6 is 24.0 Å². The summed E-state index contributed by atoms with van der Waals surface area (Å²) in [6.45, 7) is 5.27. The van der Waals surface area contributed by atoms with Gasteiger partial charge in [0, 0.05) is 38.8 Å². The van der Waals surface area contributed by atoms with Crippen LogP contribution in [0, 0.1) is 0 Å². The SMILES string of the molecule is CCNC(=NCc1ccc(OC)cc1)N1CCN(S(=O)(=O)Cc2ccon2)CC1.I. The zero-order valence-electron chi connectivity index (χ0n) is 17.2. The van der Waals surface area contributed by atoms with E-state index in [0.717, 1.165) is 23.8 Å². The molecule has 1 aliphatic rings. The van der Waals surface area contributed by atoms with Crippen LogP contribution in [0.15, 0.2) is 46.1 Å². The normalized spacial score (nSPS) is 15.5. The zero-order chi connectivity index (χ0) is 20.7. The van der Waals surface area contributed by atoms with Gasteiger partial charge in [0.25, 0.3) is 0 Å². The molecule has 0 saturated carbocycles. The molecule has 1 fully saturated rings. The van der Waals surface area contributed by atoms with Gasteiger partial charge in [0.1, 0.15) is 17.8 Å². The third kappa shape index (κ3) is 6.57. The topological polar surface area (TPSA) is 100 Å². The van der Waals surface area contributed by atoms with E-state index >= 15 is 0 Å². The van der Waals surface area contributed by atoms with Crippen molar-refractivity contribution in [3.63, 3.8) is 0 Å². The zero-order valence-corrected chi connectivity index (χ0v) is 20.3. The predicted octanol–water partition coefficient (Wildman–Crippen LogP) is 1.91. The van der Waals surface area contributed by atoms with E-state index in [0.29, 0.717) is 38.4 Å². The molecule has 1 aromatic carbocycles. The Morgan fingerprint density at radius 3 is 2.47 bits per heavy atom. The quantitative estimate of drug-likeness (QED) is 0.320. The van der Waals surface area contributed by atoms with Crippen molar-refractivity contribution in [1.29, 1.82) is 0 Å². The molecular formula is C19H28IN5O4S.